The lowest BCUT2D eigenvalue weighted by atomic mass is 10.1. The minimum atomic E-state index is -0.424. The Bertz CT molecular complexity index is 1030. The molecular weight excluding hydrogens is 385 g/mol. The topological polar surface area (TPSA) is 64.0 Å². The molecule has 0 atom stereocenters. The van der Waals surface area contributed by atoms with E-state index in [0.717, 1.165) is 16.7 Å². The summed E-state index contributed by atoms with van der Waals surface area (Å²) in [5, 5.41) is 7.76. The summed E-state index contributed by atoms with van der Waals surface area (Å²) in [6.07, 6.45) is 0.944. The van der Waals surface area contributed by atoms with Gasteiger partial charge in [-0.1, -0.05) is 54.4 Å². The average molecular weight is 402 g/mol. The Balaban J connectivity index is 1.80. The predicted molar refractivity (Wildman–Crippen MR) is 108 cm³/mol. The number of nitrogens with one attached hydrogen (secondary N) is 1. The highest BCUT2D eigenvalue weighted by Gasteiger charge is 2.10. The Kier molecular flexibility index (Phi) is 5.94. The molecule has 0 aliphatic rings. The summed E-state index contributed by atoms with van der Waals surface area (Å²) in [5.41, 5.74) is 2.72. The van der Waals surface area contributed by atoms with Crippen molar-refractivity contribution in [1.29, 1.82) is 0 Å². The van der Waals surface area contributed by atoms with Crippen LogP contribution in [0.1, 0.15) is 12.5 Å². The fourth-order valence-corrected chi connectivity index (χ4v) is 2.88. The molecular formula is C20H17Cl2N3O2. The summed E-state index contributed by atoms with van der Waals surface area (Å²) in [5.74, 6) is -0.424. The molecule has 0 saturated carbocycles. The number of anilines is 1. The number of rotatable bonds is 5. The van der Waals surface area contributed by atoms with Gasteiger partial charge in [0, 0.05) is 16.7 Å². The van der Waals surface area contributed by atoms with Crippen molar-refractivity contribution in [3.05, 3.63) is 80.6 Å². The van der Waals surface area contributed by atoms with Crippen molar-refractivity contribution in [1.82, 2.24) is 9.78 Å². The molecule has 0 saturated heterocycles. The summed E-state index contributed by atoms with van der Waals surface area (Å²) in [6, 6.07) is 15.7. The van der Waals surface area contributed by atoms with E-state index in [2.05, 4.69) is 17.3 Å². The number of carbonyl (C=O) groups excluding carboxylic acids is 1. The third-order valence-electron chi connectivity index (χ3n) is 4.02. The number of hydrogen-bond acceptors (Lipinski definition) is 3. The second-order valence-electron chi connectivity index (χ2n) is 5.94. The summed E-state index contributed by atoms with van der Waals surface area (Å²) < 4.78 is 1.12. The molecule has 3 rings (SSSR count). The largest absolute Gasteiger partial charge is 0.323 e. The molecule has 2 aromatic carbocycles. The van der Waals surface area contributed by atoms with Gasteiger partial charge >= 0.3 is 0 Å². The van der Waals surface area contributed by atoms with Gasteiger partial charge in [0.25, 0.3) is 5.56 Å². The van der Waals surface area contributed by atoms with Gasteiger partial charge in [-0.15, -0.1) is 0 Å². The average Bonchev–Trinajstić information content (AvgIpc) is 2.66. The molecule has 1 aromatic heterocycles. The number of aryl methyl sites for hydroxylation is 1. The first-order chi connectivity index (χ1) is 13.0. The number of carbonyl (C=O) groups is 1. The monoisotopic (exact) mass is 401 g/mol. The Labute approximate surface area is 166 Å². The summed E-state index contributed by atoms with van der Waals surface area (Å²) in [6.45, 7) is 1.85. The first-order valence-electron chi connectivity index (χ1n) is 8.38. The molecule has 0 spiro atoms. The summed E-state index contributed by atoms with van der Waals surface area (Å²) in [4.78, 5) is 24.4. The van der Waals surface area contributed by atoms with E-state index in [9.17, 15) is 9.59 Å². The summed E-state index contributed by atoms with van der Waals surface area (Å²) >= 11 is 12.0. The highest BCUT2D eigenvalue weighted by molar-refractivity contribution is 6.35. The molecule has 0 bridgehead atoms. The molecule has 5 nitrogen and oxygen atoms in total. The van der Waals surface area contributed by atoms with Gasteiger partial charge in [-0.2, -0.15) is 5.10 Å². The Morgan fingerprint density at radius 2 is 1.81 bits per heavy atom. The van der Waals surface area contributed by atoms with Gasteiger partial charge in [0.05, 0.1) is 16.4 Å². The van der Waals surface area contributed by atoms with E-state index < -0.39 is 5.91 Å². The van der Waals surface area contributed by atoms with Crippen molar-refractivity contribution in [2.45, 2.75) is 19.9 Å². The van der Waals surface area contributed by atoms with Gasteiger partial charge < -0.3 is 5.32 Å². The maximum Gasteiger partial charge on any atom is 0.267 e. The molecule has 27 heavy (non-hydrogen) atoms. The standard InChI is InChI=1S/C20H17Cl2N3O2/c1-2-13-3-5-14(6-4-13)17-9-10-20(27)25(24-17)12-19(26)23-18-11-15(21)7-8-16(18)22/h3-11H,2,12H2,1H3,(H,23,26). The normalized spacial score (nSPS) is 10.6. The van der Waals surface area contributed by atoms with Crippen molar-refractivity contribution in [2.24, 2.45) is 0 Å². The third kappa shape index (κ3) is 4.76. The lowest BCUT2D eigenvalue weighted by Gasteiger charge is -2.10. The SMILES string of the molecule is CCc1ccc(-c2ccc(=O)n(CC(=O)Nc3cc(Cl)ccc3Cl)n2)cc1. The Hall–Kier alpha value is -2.63. The van der Waals surface area contributed by atoms with E-state index in [4.69, 9.17) is 23.2 Å². The van der Waals surface area contributed by atoms with Crippen LogP contribution in [0.5, 0.6) is 0 Å². The van der Waals surface area contributed by atoms with Crippen LogP contribution in [0.25, 0.3) is 11.3 Å². The van der Waals surface area contributed by atoms with Gasteiger partial charge in [-0.25, -0.2) is 4.68 Å². The lowest BCUT2D eigenvalue weighted by molar-refractivity contribution is -0.117. The lowest BCUT2D eigenvalue weighted by Crippen LogP contribution is -2.29. The fourth-order valence-electron chi connectivity index (χ4n) is 2.55. The fraction of sp³-hybridized carbons (Fsp3) is 0.150. The molecule has 0 aliphatic carbocycles. The Morgan fingerprint density at radius 3 is 2.52 bits per heavy atom. The Morgan fingerprint density at radius 1 is 1.07 bits per heavy atom. The van der Waals surface area contributed by atoms with Crippen LogP contribution in [0, 0.1) is 0 Å². The minimum Gasteiger partial charge on any atom is -0.323 e. The number of benzene rings is 2. The first-order valence-corrected chi connectivity index (χ1v) is 9.14. The van der Waals surface area contributed by atoms with Crippen LogP contribution in [0.3, 0.4) is 0 Å². The number of amides is 1. The maximum atomic E-state index is 12.3. The first kappa shape index (κ1) is 19.1. The van der Waals surface area contributed by atoms with Crippen LogP contribution in [-0.2, 0) is 17.8 Å². The van der Waals surface area contributed by atoms with E-state index in [1.54, 1.807) is 24.3 Å². The third-order valence-corrected chi connectivity index (χ3v) is 4.59. The van der Waals surface area contributed by atoms with Crippen molar-refractivity contribution < 1.29 is 4.79 Å². The zero-order valence-corrected chi connectivity index (χ0v) is 16.1. The van der Waals surface area contributed by atoms with E-state index >= 15 is 0 Å². The van der Waals surface area contributed by atoms with Crippen LogP contribution >= 0.6 is 23.2 Å². The number of aromatic nitrogens is 2. The highest BCUT2D eigenvalue weighted by atomic mass is 35.5. The quantitative estimate of drug-likeness (QED) is 0.687. The van der Waals surface area contributed by atoms with Crippen LogP contribution < -0.4 is 10.9 Å². The second-order valence-corrected chi connectivity index (χ2v) is 6.78. The van der Waals surface area contributed by atoms with Gasteiger partial charge in [0.2, 0.25) is 5.91 Å². The maximum absolute atomic E-state index is 12.3. The zero-order valence-electron chi connectivity index (χ0n) is 14.6. The molecule has 1 amide bonds. The molecule has 1 heterocycles. The molecule has 0 unspecified atom stereocenters. The molecule has 7 heteroatoms. The molecule has 0 fully saturated rings. The van der Waals surface area contributed by atoms with Crippen molar-refractivity contribution >= 4 is 34.8 Å². The zero-order chi connectivity index (χ0) is 19.4. The predicted octanol–water partition coefficient (Wildman–Crippen LogP) is 4.42. The second kappa shape index (κ2) is 8.37. The van der Waals surface area contributed by atoms with Crippen LogP contribution in [0.15, 0.2) is 59.4 Å². The number of nitrogens with zero attached hydrogens (tertiary/aromatic N) is 2. The molecule has 1 N–H and O–H groups in total. The number of hydrogen-bond donors (Lipinski definition) is 1. The van der Waals surface area contributed by atoms with Crippen molar-refractivity contribution in [3.8, 4) is 11.3 Å². The van der Waals surface area contributed by atoms with E-state index in [1.165, 1.54) is 11.6 Å². The van der Waals surface area contributed by atoms with Gasteiger partial charge in [0.15, 0.2) is 0 Å². The van der Waals surface area contributed by atoms with Gasteiger partial charge in [-0.05, 0) is 36.2 Å². The highest BCUT2D eigenvalue weighted by Crippen LogP contribution is 2.25. The van der Waals surface area contributed by atoms with Crippen LogP contribution in [0.2, 0.25) is 10.0 Å². The van der Waals surface area contributed by atoms with E-state index in [0.29, 0.717) is 21.4 Å². The van der Waals surface area contributed by atoms with E-state index in [1.807, 2.05) is 24.3 Å². The van der Waals surface area contributed by atoms with Crippen molar-refractivity contribution in [2.75, 3.05) is 5.32 Å². The summed E-state index contributed by atoms with van der Waals surface area (Å²) in [7, 11) is 0. The minimum absolute atomic E-state index is 0.234. The van der Waals surface area contributed by atoms with E-state index in [-0.39, 0.29) is 12.1 Å². The van der Waals surface area contributed by atoms with Gasteiger partial charge in [0.1, 0.15) is 6.54 Å². The van der Waals surface area contributed by atoms with Gasteiger partial charge in [-0.3, -0.25) is 9.59 Å². The molecule has 0 aliphatic heterocycles. The molecule has 138 valence electrons. The smallest absolute Gasteiger partial charge is 0.267 e. The van der Waals surface area contributed by atoms with Crippen LogP contribution in [0.4, 0.5) is 5.69 Å². The number of halogens is 2. The molecule has 3 aromatic rings. The molecule has 0 radical (unpaired) electrons. The van der Waals surface area contributed by atoms with Crippen molar-refractivity contribution in [3.63, 3.8) is 0 Å². The van der Waals surface area contributed by atoms with Crippen LogP contribution in [-0.4, -0.2) is 15.7 Å².